The van der Waals surface area contributed by atoms with Crippen molar-refractivity contribution in [1.82, 2.24) is 10.2 Å². The Labute approximate surface area is 108 Å². The van der Waals surface area contributed by atoms with Crippen LogP contribution in [0.3, 0.4) is 0 Å². The molecule has 17 heavy (non-hydrogen) atoms. The Balaban J connectivity index is 3.10. The first-order valence-electron chi connectivity index (χ1n) is 7.17. The average molecular weight is 240 g/mol. The Hall–Kier alpha value is -0.340. The molecule has 0 aromatic heterocycles. The highest BCUT2D eigenvalue weighted by atomic mass is 15.1. The van der Waals surface area contributed by atoms with Crippen molar-refractivity contribution in [2.45, 2.75) is 46.0 Å². The van der Waals surface area contributed by atoms with Crippen molar-refractivity contribution in [2.75, 3.05) is 33.2 Å². The van der Waals surface area contributed by atoms with Gasteiger partial charge in [0, 0.05) is 6.54 Å². The molecule has 0 saturated heterocycles. The standard InChI is InChI=1S/C15H32N2/c1-5-6-12-17(4)13-10-8-7-9-11-16-14-15(2)3/h5,15-16H,1,6-14H2,2-4H3. The molecule has 1 N–H and O–H groups in total. The van der Waals surface area contributed by atoms with Crippen LogP contribution in [-0.4, -0.2) is 38.1 Å². The van der Waals surface area contributed by atoms with Crippen LogP contribution in [0, 0.1) is 5.92 Å². The SMILES string of the molecule is C=CCCN(C)CCCCCCNCC(C)C. The summed E-state index contributed by atoms with van der Waals surface area (Å²) in [4.78, 5) is 2.40. The Kier molecular flexibility index (Phi) is 11.9. The van der Waals surface area contributed by atoms with Crippen LogP contribution in [0.15, 0.2) is 12.7 Å². The van der Waals surface area contributed by atoms with Crippen LogP contribution in [0.4, 0.5) is 0 Å². The quantitative estimate of drug-likeness (QED) is 0.416. The maximum absolute atomic E-state index is 3.75. The fourth-order valence-corrected chi connectivity index (χ4v) is 1.80. The topological polar surface area (TPSA) is 15.3 Å². The van der Waals surface area contributed by atoms with Crippen molar-refractivity contribution in [1.29, 1.82) is 0 Å². The summed E-state index contributed by atoms with van der Waals surface area (Å²) in [6.07, 6.45) is 8.48. The third-order valence-electron chi connectivity index (χ3n) is 2.91. The summed E-state index contributed by atoms with van der Waals surface area (Å²) in [7, 11) is 2.20. The zero-order chi connectivity index (χ0) is 12.9. The van der Waals surface area contributed by atoms with Gasteiger partial charge in [0.15, 0.2) is 0 Å². The number of nitrogens with zero attached hydrogens (tertiary/aromatic N) is 1. The minimum atomic E-state index is 0.772. The van der Waals surface area contributed by atoms with Crippen LogP contribution in [0.5, 0.6) is 0 Å². The molecule has 0 amide bonds. The minimum absolute atomic E-state index is 0.772. The summed E-state index contributed by atoms with van der Waals surface area (Å²) < 4.78 is 0. The second-order valence-electron chi connectivity index (χ2n) is 5.39. The smallest absolute Gasteiger partial charge is 0.00128 e. The van der Waals surface area contributed by atoms with E-state index in [0.717, 1.165) is 25.4 Å². The van der Waals surface area contributed by atoms with E-state index in [9.17, 15) is 0 Å². The second kappa shape index (κ2) is 12.1. The monoisotopic (exact) mass is 240 g/mol. The summed E-state index contributed by atoms with van der Waals surface area (Å²) in [6.45, 7) is 13.0. The van der Waals surface area contributed by atoms with Crippen LogP contribution in [0.2, 0.25) is 0 Å². The zero-order valence-corrected chi connectivity index (χ0v) is 12.2. The molecule has 0 aliphatic rings. The van der Waals surface area contributed by atoms with Crippen LogP contribution in [0.25, 0.3) is 0 Å². The zero-order valence-electron chi connectivity index (χ0n) is 12.2. The van der Waals surface area contributed by atoms with E-state index in [4.69, 9.17) is 0 Å². The molecule has 0 rings (SSSR count). The normalized spacial score (nSPS) is 11.4. The van der Waals surface area contributed by atoms with Crippen molar-refractivity contribution in [3.63, 3.8) is 0 Å². The fourth-order valence-electron chi connectivity index (χ4n) is 1.80. The molecule has 0 spiro atoms. The van der Waals surface area contributed by atoms with E-state index in [0.29, 0.717) is 0 Å². The fraction of sp³-hybridized carbons (Fsp3) is 0.867. The molecule has 0 radical (unpaired) electrons. The highest BCUT2D eigenvalue weighted by molar-refractivity contribution is 4.68. The van der Waals surface area contributed by atoms with Crippen LogP contribution in [-0.2, 0) is 0 Å². The molecule has 0 unspecified atom stereocenters. The van der Waals surface area contributed by atoms with Crippen molar-refractivity contribution in [3.05, 3.63) is 12.7 Å². The predicted octanol–water partition coefficient (Wildman–Crippen LogP) is 3.30. The van der Waals surface area contributed by atoms with E-state index in [-0.39, 0.29) is 0 Å². The predicted molar refractivity (Wildman–Crippen MR) is 78.5 cm³/mol. The lowest BCUT2D eigenvalue weighted by atomic mass is 10.1. The van der Waals surface area contributed by atoms with Gasteiger partial charge in [-0.25, -0.2) is 0 Å². The van der Waals surface area contributed by atoms with E-state index < -0.39 is 0 Å². The molecule has 0 atom stereocenters. The van der Waals surface area contributed by atoms with Gasteiger partial charge in [0.25, 0.3) is 0 Å². The first kappa shape index (κ1) is 16.7. The van der Waals surface area contributed by atoms with Gasteiger partial charge in [0.05, 0.1) is 0 Å². The second-order valence-corrected chi connectivity index (χ2v) is 5.39. The van der Waals surface area contributed by atoms with Crippen molar-refractivity contribution in [3.8, 4) is 0 Å². The van der Waals surface area contributed by atoms with Crippen LogP contribution < -0.4 is 5.32 Å². The first-order chi connectivity index (χ1) is 8.16. The van der Waals surface area contributed by atoms with Crippen LogP contribution in [0.1, 0.15) is 46.0 Å². The molecule has 2 heteroatoms. The highest BCUT2D eigenvalue weighted by Gasteiger charge is 1.97. The number of rotatable bonds is 12. The summed E-state index contributed by atoms with van der Waals surface area (Å²) in [5.41, 5.74) is 0. The van der Waals surface area contributed by atoms with Crippen molar-refractivity contribution in [2.24, 2.45) is 5.92 Å². The lowest BCUT2D eigenvalue weighted by Crippen LogP contribution is -2.21. The molecule has 102 valence electrons. The van der Waals surface area contributed by atoms with Gasteiger partial charge in [0.2, 0.25) is 0 Å². The molecule has 0 bridgehead atoms. The van der Waals surface area contributed by atoms with Gasteiger partial charge in [-0.15, -0.1) is 6.58 Å². The Morgan fingerprint density at radius 3 is 2.47 bits per heavy atom. The van der Waals surface area contributed by atoms with E-state index >= 15 is 0 Å². The van der Waals surface area contributed by atoms with E-state index in [1.807, 2.05) is 6.08 Å². The van der Waals surface area contributed by atoms with Gasteiger partial charge in [-0.3, -0.25) is 0 Å². The minimum Gasteiger partial charge on any atom is -0.316 e. The summed E-state index contributed by atoms with van der Waals surface area (Å²) in [6, 6.07) is 0. The molecule has 0 aromatic rings. The Bertz CT molecular complexity index is 166. The number of hydrogen-bond donors (Lipinski definition) is 1. The third-order valence-corrected chi connectivity index (χ3v) is 2.91. The molecule has 0 heterocycles. The summed E-state index contributed by atoms with van der Waals surface area (Å²) >= 11 is 0. The molecule has 0 aromatic carbocycles. The third kappa shape index (κ3) is 13.6. The van der Waals surface area contributed by atoms with Crippen molar-refractivity contribution >= 4 is 0 Å². The Morgan fingerprint density at radius 1 is 1.12 bits per heavy atom. The van der Waals surface area contributed by atoms with Gasteiger partial charge < -0.3 is 10.2 Å². The highest BCUT2D eigenvalue weighted by Crippen LogP contribution is 2.01. The molecule has 0 aliphatic carbocycles. The van der Waals surface area contributed by atoms with Gasteiger partial charge in [0.1, 0.15) is 0 Å². The van der Waals surface area contributed by atoms with Gasteiger partial charge >= 0.3 is 0 Å². The molecular weight excluding hydrogens is 208 g/mol. The van der Waals surface area contributed by atoms with Gasteiger partial charge in [-0.05, 0) is 51.9 Å². The maximum atomic E-state index is 3.75. The number of nitrogens with one attached hydrogen (secondary N) is 1. The van der Waals surface area contributed by atoms with Crippen molar-refractivity contribution < 1.29 is 0 Å². The Morgan fingerprint density at radius 2 is 1.82 bits per heavy atom. The van der Waals surface area contributed by atoms with Gasteiger partial charge in [-0.2, -0.15) is 0 Å². The van der Waals surface area contributed by atoms with E-state index in [1.54, 1.807) is 0 Å². The summed E-state index contributed by atoms with van der Waals surface area (Å²) in [5, 5.41) is 3.49. The molecular formula is C15H32N2. The van der Waals surface area contributed by atoms with Gasteiger partial charge in [-0.1, -0.05) is 32.8 Å². The lowest BCUT2D eigenvalue weighted by molar-refractivity contribution is 0.330. The van der Waals surface area contributed by atoms with E-state index in [1.165, 1.54) is 38.8 Å². The molecule has 0 aliphatic heterocycles. The summed E-state index contributed by atoms with van der Waals surface area (Å²) in [5.74, 6) is 0.772. The number of hydrogen-bond acceptors (Lipinski definition) is 2. The van der Waals surface area contributed by atoms with E-state index in [2.05, 4.69) is 37.7 Å². The maximum Gasteiger partial charge on any atom is 0.00128 e. The largest absolute Gasteiger partial charge is 0.316 e. The average Bonchev–Trinajstić information content (AvgIpc) is 2.29. The van der Waals surface area contributed by atoms with Crippen LogP contribution >= 0.6 is 0 Å². The lowest BCUT2D eigenvalue weighted by Gasteiger charge is -2.15. The number of unbranched alkanes of at least 4 members (excludes halogenated alkanes) is 3. The molecule has 0 fully saturated rings. The first-order valence-corrected chi connectivity index (χ1v) is 7.17. The molecule has 2 nitrogen and oxygen atoms in total. The molecule has 0 saturated carbocycles.